The molecule has 1 saturated carbocycles. The summed E-state index contributed by atoms with van der Waals surface area (Å²) in [7, 11) is 0. The summed E-state index contributed by atoms with van der Waals surface area (Å²) in [5.41, 5.74) is -0.212. The van der Waals surface area contributed by atoms with Gasteiger partial charge in [0.05, 0.1) is 5.54 Å². The molecule has 0 aliphatic heterocycles. The van der Waals surface area contributed by atoms with Crippen LogP contribution in [0.1, 0.15) is 18.4 Å². The zero-order valence-electron chi connectivity index (χ0n) is 8.64. The molecule has 6 heteroatoms. The fourth-order valence-electron chi connectivity index (χ4n) is 1.67. The number of carbonyl (C=O) groups excluding carboxylic acids is 1. The summed E-state index contributed by atoms with van der Waals surface area (Å²) in [6.07, 6.45) is -3.82. The van der Waals surface area contributed by atoms with E-state index in [1.807, 2.05) is 5.32 Å². The third-order valence-corrected chi connectivity index (χ3v) is 3.01. The molecular formula is C11H9ClF3NO. The highest BCUT2D eigenvalue weighted by atomic mass is 35.5. The van der Waals surface area contributed by atoms with Crippen LogP contribution in [0.3, 0.4) is 0 Å². The number of rotatable bonds is 2. The van der Waals surface area contributed by atoms with Crippen molar-refractivity contribution < 1.29 is 18.0 Å². The first-order chi connectivity index (χ1) is 7.83. The van der Waals surface area contributed by atoms with Gasteiger partial charge in [0.15, 0.2) is 0 Å². The van der Waals surface area contributed by atoms with Gasteiger partial charge >= 0.3 is 12.1 Å². The molecule has 0 spiro atoms. The van der Waals surface area contributed by atoms with Crippen molar-refractivity contribution in [2.45, 2.75) is 24.6 Å². The van der Waals surface area contributed by atoms with E-state index < -0.39 is 17.6 Å². The summed E-state index contributed by atoms with van der Waals surface area (Å²) < 4.78 is 36.5. The van der Waals surface area contributed by atoms with Crippen molar-refractivity contribution in [3.8, 4) is 0 Å². The van der Waals surface area contributed by atoms with E-state index in [1.165, 1.54) is 0 Å². The Morgan fingerprint density at radius 2 is 1.76 bits per heavy atom. The molecule has 17 heavy (non-hydrogen) atoms. The third-order valence-electron chi connectivity index (χ3n) is 2.76. The van der Waals surface area contributed by atoms with Crippen LogP contribution in [0.2, 0.25) is 5.02 Å². The number of halogens is 4. The summed E-state index contributed by atoms with van der Waals surface area (Å²) in [6, 6.07) is 6.45. The van der Waals surface area contributed by atoms with Crippen LogP contribution in [0.25, 0.3) is 0 Å². The number of amides is 1. The molecule has 1 aliphatic carbocycles. The van der Waals surface area contributed by atoms with E-state index in [9.17, 15) is 18.0 Å². The number of carbonyl (C=O) groups is 1. The zero-order chi connectivity index (χ0) is 12.7. The van der Waals surface area contributed by atoms with Crippen LogP contribution in [0, 0.1) is 0 Å². The molecule has 0 radical (unpaired) electrons. The summed E-state index contributed by atoms with van der Waals surface area (Å²) in [5, 5.41) is 2.54. The van der Waals surface area contributed by atoms with Crippen molar-refractivity contribution in [2.75, 3.05) is 0 Å². The van der Waals surface area contributed by atoms with Gasteiger partial charge in [-0.2, -0.15) is 13.2 Å². The lowest BCUT2D eigenvalue weighted by Gasteiger charge is -2.19. The van der Waals surface area contributed by atoms with Crippen LogP contribution in [0.5, 0.6) is 0 Å². The largest absolute Gasteiger partial charge is 0.471 e. The lowest BCUT2D eigenvalue weighted by atomic mass is 10.1. The minimum atomic E-state index is -4.85. The maximum absolute atomic E-state index is 12.2. The molecule has 0 bridgehead atoms. The Morgan fingerprint density at radius 3 is 2.18 bits per heavy atom. The van der Waals surface area contributed by atoms with Crippen molar-refractivity contribution >= 4 is 17.5 Å². The van der Waals surface area contributed by atoms with E-state index in [0.29, 0.717) is 23.4 Å². The standard InChI is InChI=1S/C11H9ClF3NO/c12-8-3-1-7(2-4-8)10(5-6-10)16-9(17)11(13,14)15/h1-4H,5-6H2,(H,16,17). The maximum atomic E-state index is 12.2. The number of hydrogen-bond donors (Lipinski definition) is 1. The number of hydrogen-bond acceptors (Lipinski definition) is 1. The molecule has 2 nitrogen and oxygen atoms in total. The molecule has 1 aromatic rings. The van der Waals surface area contributed by atoms with Gasteiger partial charge in [-0.25, -0.2) is 0 Å². The highest BCUT2D eigenvalue weighted by Crippen LogP contribution is 2.46. The molecule has 0 unspecified atom stereocenters. The van der Waals surface area contributed by atoms with Crippen LogP contribution >= 0.6 is 11.6 Å². The van der Waals surface area contributed by atoms with Gasteiger partial charge in [0.2, 0.25) is 0 Å². The summed E-state index contributed by atoms with van der Waals surface area (Å²) in [5.74, 6) is -1.90. The number of nitrogens with one attached hydrogen (secondary N) is 1. The first kappa shape index (κ1) is 12.2. The normalized spacial score (nSPS) is 17.6. The van der Waals surface area contributed by atoms with E-state index in [0.717, 1.165) is 0 Å². The molecule has 1 aliphatic rings. The van der Waals surface area contributed by atoms with Gasteiger partial charge in [-0.3, -0.25) is 4.79 Å². The number of alkyl halides is 3. The Balaban J connectivity index is 2.15. The smallest absolute Gasteiger partial charge is 0.339 e. The molecule has 1 fully saturated rings. The van der Waals surface area contributed by atoms with Gasteiger partial charge in [0.1, 0.15) is 0 Å². The van der Waals surface area contributed by atoms with Gasteiger partial charge < -0.3 is 5.32 Å². The molecule has 0 atom stereocenters. The van der Waals surface area contributed by atoms with Crippen LogP contribution in [-0.4, -0.2) is 12.1 Å². The van der Waals surface area contributed by atoms with Crippen LogP contribution < -0.4 is 5.32 Å². The maximum Gasteiger partial charge on any atom is 0.471 e. The lowest BCUT2D eigenvalue weighted by Crippen LogP contribution is -2.43. The minimum Gasteiger partial charge on any atom is -0.339 e. The molecule has 0 aromatic heterocycles. The Labute approximate surface area is 101 Å². The average molecular weight is 264 g/mol. The lowest BCUT2D eigenvalue weighted by molar-refractivity contribution is -0.174. The van der Waals surface area contributed by atoms with Gasteiger partial charge in [-0.05, 0) is 30.5 Å². The second-order valence-electron chi connectivity index (χ2n) is 4.04. The van der Waals surface area contributed by atoms with E-state index in [4.69, 9.17) is 11.6 Å². The van der Waals surface area contributed by atoms with Crippen molar-refractivity contribution in [3.05, 3.63) is 34.9 Å². The Bertz CT molecular complexity index is 437. The second-order valence-corrected chi connectivity index (χ2v) is 4.48. The Hall–Kier alpha value is -1.23. The average Bonchev–Trinajstić information content (AvgIpc) is 2.98. The number of benzene rings is 1. The van der Waals surface area contributed by atoms with Crippen molar-refractivity contribution in [2.24, 2.45) is 0 Å². The monoisotopic (exact) mass is 263 g/mol. The first-order valence-corrected chi connectivity index (χ1v) is 5.37. The Morgan fingerprint density at radius 1 is 1.24 bits per heavy atom. The molecule has 1 N–H and O–H groups in total. The van der Waals surface area contributed by atoms with E-state index in [2.05, 4.69) is 0 Å². The molecule has 0 saturated heterocycles. The predicted octanol–water partition coefficient (Wildman–Crippen LogP) is 3.01. The van der Waals surface area contributed by atoms with E-state index in [-0.39, 0.29) is 0 Å². The summed E-state index contributed by atoms with van der Waals surface area (Å²) in [6.45, 7) is 0. The Kier molecular flexibility index (Phi) is 2.81. The van der Waals surface area contributed by atoms with Crippen molar-refractivity contribution in [1.29, 1.82) is 0 Å². The van der Waals surface area contributed by atoms with Gasteiger partial charge in [0.25, 0.3) is 0 Å². The second kappa shape index (κ2) is 3.91. The van der Waals surface area contributed by atoms with Crippen molar-refractivity contribution in [3.63, 3.8) is 0 Å². The highest BCUT2D eigenvalue weighted by molar-refractivity contribution is 6.30. The van der Waals surface area contributed by atoms with E-state index >= 15 is 0 Å². The molecular weight excluding hydrogens is 255 g/mol. The fraction of sp³-hybridized carbons (Fsp3) is 0.364. The molecule has 1 amide bonds. The van der Waals surface area contributed by atoms with Crippen LogP contribution in [0.15, 0.2) is 24.3 Å². The SMILES string of the molecule is O=C(NC1(c2ccc(Cl)cc2)CC1)C(F)(F)F. The molecule has 92 valence electrons. The molecule has 1 aromatic carbocycles. The van der Waals surface area contributed by atoms with Crippen LogP contribution in [0.4, 0.5) is 13.2 Å². The van der Waals surface area contributed by atoms with Gasteiger partial charge in [0, 0.05) is 5.02 Å². The third kappa shape index (κ3) is 2.54. The van der Waals surface area contributed by atoms with E-state index in [1.54, 1.807) is 24.3 Å². The zero-order valence-corrected chi connectivity index (χ0v) is 9.40. The van der Waals surface area contributed by atoms with Gasteiger partial charge in [-0.15, -0.1) is 0 Å². The quantitative estimate of drug-likeness (QED) is 0.873. The van der Waals surface area contributed by atoms with Crippen molar-refractivity contribution in [1.82, 2.24) is 5.32 Å². The fourth-order valence-corrected chi connectivity index (χ4v) is 1.79. The topological polar surface area (TPSA) is 29.1 Å². The summed E-state index contributed by atoms with van der Waals surface area (Å²) >= 11 is 5.69. The predicted molar refractivity (Wildman–Crippen MR) is 56.6 cm³/mol. The van der Waals surface area contributed by atoms with Crippen LogP contribution in [-0.2, 0) is 10.3 Å². The molecule has 0 heterocycles. The highest BCUT2D eigenvalue weighted by Gasteiger charge is 2.50. The first-order valence-electron chi connectivity index (χ1n) is 4.99. The van der Waals surface area contributed by atoms with Gasteiger partial charge in [-0.1, -0.05) is 23.7 Å². The minimum absolute atomic E-state index is 0.506. The summed E-state index contributed by atoms with van der Waals surface area (Å²) in [4.78, 5) is 10.9. The molecule has 2 rings (SSSR count).